The number of pyridine rings is 1. The van der Waals surface area contributed by atoms with E-state index in [4.69, 9.17) is 9.47 Å². The molecule has 3 fully saturated rings. The van der Waals surface area contributed by atoms with Gasteiger partial charge in [-0.15, -0.1) is 0 Å². The Hall–Kier alpha value is -5.69. The van der Waals surface area contributed by atoms with Crippen molar-refractivity contribution in [2.75, 3.05) is 46.3 Å². The van der Waals surface area contributed by atoms with Crippen LogP contribution in [0.4, 0.5) is 4.79 Å². The van der Waals surface area contributed by atoms with E-state index in [0.29, 0.717) is 41.3 Å². The van der Waals surface area contributed by atoms with Gasteiger partial charge >= 0.3 is 6.09 Å². The van der Waals surface area contributed by atoms with E-state index in [0.717, 1.165) is 49.2 Å². The molecule has 3 aliphatic heterocycles. The molecule has 1 aromatic heterocycles. The number of carbonyl (C=O) groups is 2. The van der Waals surface area contributed by atoms with Crippen LogP contribution in [0.5, 0.6) is 11.5 Å². The number of phenols is 1. The van der Waals surface area contributed by atoms with E-state index < -0.39 is 18.2 Å². The lowest BCUT2D eigenvalue weighted by Gasteiger charge is -2.43. The smallest absolute Gasteiger partial charge is 0.408 e. The van der Waals surface area contributed by atoms with Crippen molar-refractivity contribution in [3.8, 4) is 11.5 Å². The highest BCUT2D eigenvalue weighted by atomic mass is 16.6. The summed E-state index contributed by atoms with van der Waals surface area (Å²) in [7, 11) is 1.72. The van der Waals surface area contributed by atoms with Gasteiger partial charge in [0.25, 0.3) is 5.91 Å². The Morgan fingerprint density at radius 3 is 2.42 bits per heavy atom. The number of hydrogen-bond donors (Lipinski definition) is 5. The van der Waals surface area contributed by atoms with Crippen LogP contribution in [-0.2, 0) is 11.3 Å². The summed E-state index contributed by atoms with van der Waals surface area (Å²) in [5.74, 6) is 0.824. The third kappa shape index (κ3) is 9.00. The fourth-order valence-electron chi connectivity index (χ4n) is 7.54. The quantitative estimate of drug-likeness (QED) is 0.0975. The van der Waals surface area contributed by atoms with Crippen molar-refractivity contribution in [1.29, 1.82) is 0 Å². The zero-order valence-electron chi connectivity index (χ0n) is 30.8. The molecule has 0 spiro atoms. The van der Waals surface area contributed by atoms with Crippen LogP contribution < -0.4 is 20.9 Å². The number of aromatic nitrogens is 1. The van der Waals surface area contributed by atoms with Crippen LogP contribution in [0.25, 0.3) is 10.9 Å². The number of nitrogens with one attached hydrogen (secondary N) is 3. The van der Waals surface area contributed by atoms with Gasteiger partial charge in [0.15, 0.2) is 0 Å². The highest BCUT2D eigenvalue weighted by Crippen LogP contribution is 2.33. The van der Waals surface area contributed by atoms with Crippen molar-refractivity contribution >= 4 is 22.9 Å². The number of carbonyl (C=O) groups excluding carboxylic acids is 2. The molecule has 1 unspecified atom stereocenters. The summed E-state index contributed by atoms with van der Waals surface area (Å²) < 4.78 is 12.3. The van der Waals surface area contributed by atoms with Crippen LogP contribution >= 0.6 is 0 Å². The van der Waals surface area contributed by atoms with Crippen molar-refractivity contribution in [3.63, 3.8) is 0 Å². The van der Waals surface area contributed by atoms with Crippen LogP contribution in [0.2, 0.25) is 0 Å². The minimum atomic E-state index is -0.895. The molecule has 3 aliphatic rings. The van der Waals surface area contributed by atoms with Crippen molar-refractivity contribution in [3.05, 3.63) is 141 Å². The molecule has 4 heterocycles. The summed E-state index contributed by atoms with van der Waals surface area (Å²) in [4.78, 5) is 44.8. The van der Waals surface area contributed by atoms with E-state index >= 15 is 0 Å². The first-order valence-corrected chi connectivity index (χ1v) is 18.8. The largest absolute Gasteiger partial charge is 0.506 e. The van der Waals surface area contributed by atoms with Crippen LogP contribution in [0.1, 0.15) is 57.6 Å². The van der Waals surface area contributed by atoms with Gasteiger partial charge in [-0.3, -0.25) is 14.5 Å². The number of H-pyrrole nitrogens is 1. The van der Waals surface area contributed by atoms with Gasteiger partial charge in [0.1, 0.15) is 24.2 Å². The molecule has 0 aliphatic carbocycles. The highest BCUT2D eigenvalue weighted by molar-refractivity contribution is 5.94. The molecular weight excluding hydrogens is 699 g/mol. The van der Waals surface area contributed by atoms with Gasteiger partial charge in [-0.2, -0.15) is 0 Å². The van der Waals surface area contributed by atoms with Gasteiger partial charge in [0, 0.05) is 55.8 Å². The fraction of sp³-hybridized carbons (Fsp3) is 0.326. The molecule has 5 aromatic rings. The molecule has 0 saturated carbocycles. The Balaban J connectivity index is 0.926. The molecule has 3 saturated heterocycles. The number of rotatable bonds is 14. The molecule has 4 aromatic carbocycles. The average molecular weight is 746 g/mol. The van der Waals surface area contributed by atoms with E-state index in [-0.39, 0.29) is 42.0 Å². The molecule has 5 N–H and O–H groups in total. The minimum Gasteiger partial charge on any atom is -0.506 e. The highest BCUT2D eigenvalue weighted by Gasteiger charge is 2.37. The standard InChI is InChI=1S/C43H47N5O7/c1-47(24-21-44-25-36(50)32-15-17-35(49)41-33(32)16-18-39(51)45-41)42(52)31-13-11-28(12-14-31)27-54-37-10-6-5-9-34(37)40(30-7-3-2-4-8-30)46-43(53)55-38-26-48-22-19-29(38)20-23-48/h2-18,29,36,38,40,44,49-50H,19-27H2,1H3,(H,45,51)(H,46,53)/t36-,38-,40?/m0/s1. The van der Waals surface area contributed by atoms with Crippen molar-refractivity contribution < 1.29 is 29.3 Å². The maximum absolute atomic E-state index is 13.3. The topological polar surface area (TPSA) is 156 Å². The van der Waals surface area contributed by atoms with Crippen molar-refractivity contribution in [2.24, 2.45) is 5.92 Å². The van der Waals surface area contributed by atoms with E-state index in [1.165, 1.54) is 12.1 Å². The fourth-order valence-corrected chi connectivity index (χ4v) is 7.54. The molecule has 12 nitrogen and oxygen atoms in total. The SMILES string of the molecule is CN(CCNC[C@H](O)c1ccc(O)c2[nH]c(=O)ccc12)C(=O)c1ccc(COc2ccccc2C(NC(=O)O[C@H]2CN3CCC2CC3)c2ccccc2)cc1. The first-order valence-electron chi connectivity index (χ1n) is 18.8. The number of likely N-dealkylation sites (N-methyl/N-ethyl adjacent to an activating group) is 1. The third-order valence-electron chi connectivity index (χ3n) is 10.6. The van der Waals surface area contributed by atoms with E-state index in [2.05, 4.69) is 20.5 Å². The van der Waals surface area contributed by atoms with Gasteiger partial charge in [0.2, 0.25) is 5.56 Å². The first-order chi connectivity index (χ1) is 26.7. The zero-order valence-corrected chi connectivity index (χ0v) is 30.8. The monoisotopic (exact) mass is 745 g/mol. The van der Waals surface area contributed by atoms with Gasteiger partial charge in [0.05, 0.1) is 17.7 Å². The maximum Gasteiger partial charge on any atom is 0.408 e. The van der Waals surface area contributed by atoms with Crippen molar-refractivity contribution in [2.45, 2.75) is 37.7 Å². The van der Waals surface area contributed by atoms with Gasteiger partial charge in [-0.1, -0.05) is 66.7 Å². The Kier molecular flexibility index (Phi) is 11.8. The number of aromatic amines is 1. The number of aliphatic hydroxyl groups is 1. The summed E-state index contributed by atoms with van der Waals surface area (Å²) in [6.07, 6.45) is 0.670. The number of nitrogens with zero attached hydrogens (tertiary/aromatic N) is 2. The lowest BCUT2D eigenvalue weighted by Crippen LogP contribution is -2.52. The Bertz CT molecular complexity index is 2150. The molecule has 286 valence electrons. The predicted octanol–water partition coefficient (Wildman–Crippen LogP) is 5.12. The summed E-state index contributed by atoms with van der Waals surface area (Å²) in [6.45, 7) is 4.23. The predicted molar refractivity (Wildman–Crippen MR) is 209 cm³/mol. The van der Waals surface area contributed by atoms with Crippen LogP contribution in [0.15, 0.2) is 108 Å². The minimum absolute atomic E-state index is 0.0674. The molecule has 8 rings (SSSR count). The maximum atomic E-state index is 13.3. The van der Waals surface area contributed by atoms with E-state index in [1.807, 2.05) is 66.7 Å². The Morgan fingerprint density at radius 1 is 0.927 bits per heavy atom. The summed E-state index contributed by atoms with van der Waals surface area (Å²) in [5, 5.41) is 27.8. The molecular formula is C43H47N5O7. The second-order valence-corrected chi connectivity index (χ2v) is 14.3. The van der Waals surface area contributed by atoms with Crippen molar-refractivity contribution in [1.82, 2.24) is 25.4 Å². The number of para-hydroxylation sites is 1. The van der Waals surface area contributed by atoms with Gasteiger partial charge < -0.3 is 40.2 Å². The number of amides is 2. The van der Waals surface area contributed by atoms with E-state index in [9.17, 15) is 24.6 Å². The molecule has 2 amide bonds. The average Bonchev–Trinajstić information content (AvgIpc) is 3.21. The first kappa shape index (κ1) is 37.6. The number of ether oxygens (including phenoxy) is 2. The number of phenolic OH excluding ortho intramolecular Hbond substituents is 1. The third-order valence-corrected chi connectivity index (χ3v) is 10.6. The van der Waals surface area contributed by atoms with Crippen LogP contribution in [0, 0.1) is 5.92 Å². The molecule has 0 radical (unpaired) electrons. The molecule has 2 bridgehead atoms. The number of aliphatic hydroxyl groups excluding tert-OH is 1. The molecule has 3 atom stereocenters. The zero-order chi connectivity index (χ0) is 38.3. The van der Waals surface area contributed by atoms with Gasteiger partial charge in [-0.05, 0) is 78.9 Å². The Labute approximate surface area is 319 Å². The summed E-state index contributed by atoms with van der Waals surface area (Å²) in [5.41, 5.74) is 3.63. The number of fused-ring (bicyclic) bond motifs is 4. The second kappa shape index (κ2) is 17.2. The lowest BCUT2D eigenvalue weighted by molar-refractivity contribution is -0.0336. The Morgan fingerprint density at radius 2 is 1.67 bits per heavy atom. The summed E-state index contributed by atoms with van der Waals surface area (Å²) >= 11 is 0. The number of benzene rings is 4. The number of aromatic hydroxyl groups is 1. The molecule has 55 heavy (non-hydrogen) atoms. The second-order valence-electron chi connectivity index (χ2n) is 14.3. The number of alkyl carbamates (subject to hydrolysis) is 1. The van der Waals surface area contributed by atoms with E-state index in [1.54, 1.807) is 36.2 Å². The normalized spacial score (nSPS) is 18.7. The number of hydrogen-bond acceptors (Lipinski definition) is 9. The number of piperidine rings is 3. The van der Waals surface area contributed by atoms with Gasteiger partial charge in [-0.25, -0.2) is 4.79 Å². The summed E-state index contributed by atoms with van der Waals surface area (Å²) in [6, 6.07) is 30.3. The van der Waals surface area contributed by atoms with Crippen LogP contribution in [0.3, 0.4) is 0 Å². The van der Waals surface area contributed by atoms with Crippen LogP contribution in [-0.4, -0.2) is 89.4 Å². The lowest BCUT2D eigenvalue weighted by atomic mass is 9.86. The molecule has 12 heteroatoms.